The van der Waals surface area contributed by atoms with Gasteiger partial charge in [0.05, 0.1) is 35.3 Å². The Labute approximate surface area is 185 Å². The van der Waals surface area contributed by atoms with Crippen LogP contribution in [0.4, 0.5) is 0 Å². The Morgan fingerprint density at radius 2 is 1.77 bits per heavy atom. The van der Waals surface area contributed by atoms with Gasteiger partial charge in [0.2, 0.25) is 10.0 Å². The average molecular weight is 468 g/mol. The third kappa shape index (κ3) is 5.62. The molecule has 0 radical (unpaired) electrons. The van der Waals surface area contributed by atoms with Crippen molar-refractivity contribution in [3.8, 4) is 5.75 Å². The summed E-state index contributed by atoms with van der Waals surface area (Å²) < 4.78 is 42.5. The SMILES string of the molecule is CCOc1ccc(C(=O)COC(=O)c2cc(S(=O)(=O)N3CCOCC3)ccc2Cl)cc1. The zero-order valence-electron chi connectivity index (χ0n) is 16.9. The maximum absolute atomic E-state index is 12.8. The van der Waals surface area contributed by atoms with Crippen LogP contribution < -0.4 is 4.74 Å². The molecule has 0 aliphatic carbocycles. The van der Waals surface area contributed by atoms with E-state index in [-0.39, 0.29) is 28.6 Å². The van der Waals surface area contributed by atoms with Crippen LogP contribution in [0, 0.1) is 0 Å². The van der Waals surface area contributed by atoms with Crippen molar-refractivity contribution >= 4 is 33.4 Å². The second-order valence-corrected chi connectivity index (χ2v) is 8.96. The summed E-state index contributed by atoms with van der Waals surface area (Å²) in [5.41, 5.74) is 0.224. The highest BCUT2D eigenvalue weighted by molar-refractivity contribution is 7.89. The first-order valence-electron chi connectivity index (χ1n) is 9.63. The maximum Gasteiger partial charge on any atom is 0.340 e. The van der Waals surface area contributed by atoms with E-state index >= 15 is 0 Å². The Morgan fingerprint density at radius 3 is 2.42 bits per heavy atom. The van der Waals surface area contributed by atoms with Crippen molar-refractivity contribution in [1.82, 2.24) is 4.31 Å². The topological polar surface area (TPSA) is 99.2 Å². The number of halogens is 1. The molecule has 166 valence electrons. The van der Waals surface area contributed by atoms with E-state index in [0.717, 1.165) is 6.07 Å². The number of morpholine rings is 1. The fourth-order valence-electron chi connectivity index (χ4n) is 2.95. The molecule has 2 aromatic carbocycles. The Morgan fingerprint density at radius 1 is 1.10 bits per heavy atom. The van der Waals surface area contributed by atoms with Crippen molar-refractivity contribution in [2.75, 3.05) is 39.5 Å². The molecule has 1 fully saturated rings. The second kappa shape index (κ2) is 10.2. The van der Waals surface area contributed by atoms with Gasteiger partial charge in [0.1, 0.15) is 5.75 Å². The lowest BCUT2D eigenvalue weighted by Crippen LogP contribution is -2.40. The molecule has 0 spiro atoms. The minimum Gasteiger partial charge on any atom is -0.494 e. The van der Waals surface area contributed by atoms with Gasteiger partial charge in [-0.25, -0.2) is 13.2 Å². The molecule has 0 unspecified atom stereocenters. The smallest absolute Gasteiger partial charge is 0.340 e. The molecule has 0 saturated carbocycles. The van der Waals surface area contributed by atoms with E-state index < -0.39 is 28.4 Å². The van der Waals surface area contributed by atoms with Gasteiger partial charge in [-0.15, -0.1) is 0 Å². The van der Waals surface area contributed by atoms with E-state index in [9.17, 15) is 18.0 Å². The average Bonchev–Trinajstić information content (AvgIpc) is 2.78. The van der Waals surface area contributed by atoms with Crippen molar-refractivity contribution in [2.24, 2.45) is 0 Å². The first kappa shape index (κ1) is 23.2. The van der Waals surface area contributed by atoms with Gasteiger partial charge in [-0.2, -0.15) is 4.31 Å². The third-order valence-electron chi connectivity index (χ3n) is 4.59. The molecule has 1 aliphatic heterocycles. The Bertz CT molecular complexity index is 1050. The molecule has 0 bridgehead atoms. The molecule has 0 atom stereocenters. The number of carbonyl (C=O) groups excluding carboxylic acids is 2. The zero-order chi connectivity index (χ0) is 22.4. The number of ether oxygens (including phenoxy) is 3. The Hall–Kier alpha value is -2.46. The molecule has 1 saturated heterocycles. The van der Waals surface area contributed by atoms with Gasteiger partial charge in [0.15, 0.2) is 12.4 Å². The highest BCUT2D eigenvalue weighted by Gasteiger charge is 2.28. The second-order valence-electron chi connectivity index (χ2n) is 6.61. The molecule has 1 heterocycles. The number of hydrogen-bond acceptors (Lipinski definition) is 7. The number of rotatable bonds is 8. The van der Waals surface area contributed by atoms with Gasteiger partial charge in [-0.3, -0.25) is 4.79 Å². The molecular formula is C21H22ClNO7S. The summed E-state index contributed by atoms with van der Waals surface area (Å²) in [6.45, 7) is 2.90. The van der Waals surface area contributed by atoms with Crippen molar-refractivity contribution in [1.29, 1.82) is 0 Å². The van der Waals surface area contributed by atoms with Crippen molar-refractivity contribution in [3.05, 3.63) is 58.6 Å². The van der Waals surface area contributed by atoms with Gasteiger partial charge >= 0.3 is 5.97 Å². The lowest BCUT2D eigenvalue weighted by molar-refractivity contribution is 0.0474. The summed E-state index contributed by atoms with van der Waals surface area (Å²) in [6, 6.07) is 10.3. The summed E-state index contributed by atoms with van der Waals surface area (Å²) in [4.78, 5) is 24.7. The zero-order valence-corrected chi connectivity index (χ0v) is 18.4. The van der Waals surface area contributed by atoms with Crippen LogP contribution in [0.3, 0.4) is 0 Å². The molecule has 31 heavy (non-hydrogen) atoms. The fraction of sp³-hybridized carbons (Fsp3) is 0.333. The van der Waals surface area contributed by atoms with E-state index in [4.69, 9.17) is 25.8 Å². The summed E-state index contributed by atoms with van der Waals surface area (Å²) in [7, 11) is -3.81. The summed E-state index contributed by atoms with van der Waals surface area (Å²) in [5, 5.41) is 0.0273. The molecular weight excluding hydrogens is 446 g/mol. The van der Waals surface area contributed by atoms with Gasteiger partial charge in [-0.1, -0.05) is 11.6 Å². The normalized spacial score (nSPS) is 14.8. The van der Waals surface area contributed by atoms with Crippen LogP contribution in [-0.4, -0.2) is 64.0 Å². The van der Waals surface area contributed by atoms with E-state index in [1.165, 1.54) is 16.4 Å². The van der Waals surface area contributed by atoms with E-state index in [1.807, 2.05) is 6.92 Å². The molecule has 3 rings (SSSR count). The summed E-state index contributed by atoms with van der Waals surface area (Å²) in [5.74, 6) is -0.672. The number of benzene rings is 2. The lowest BCUT2D eigenvalue weighted by atomic mass is 10.1. The number of nitrogens with zero attached hydrogens (tertiary/aromatic N) is 1. The number of Topliss-reactive ketones (excluding diaryl/α,β-unsaturated/α-hetero) is 1. The number of carbonyl (C=O) groups is 2. The first-order chi connectivity index (χ1) is 14.8. The minimum atomic E-state index is -3.81. The maximum atomic E-state index is 12.8. The van der Waals surface area contributed by atoms with Crippen LogP contribution in [0.25, 0.3) is 0 Å². The molecule has 0 amide bonds. The predicted octanol–water partition coefficient (Wildman–Crippen LogP) is 2.80. The van der Waals surface area contributed by atoms with Crippen LogP contribution in [0.15, 0.2) is 47.4 Å². The quantitative estimate of drug-likeness (QED) is 0.434. The Balaban J connectivity index is 1.70. The first-order valence-corrected chi connectivity index (χ1v) is 11.5. The molecule has 0 N–H and O–H groups in total. The van der Waals surface area contributed by atoms with Gasteiger partial charge < -0.3 is 14.2 Å². The number of sulfonamides is 1. The Kier molecular flexibility index (Phi) is 7.66. The van der Waals surface area contributed by atoms with Gasteiger partial charge in [0, 0.05) is 18.7 Å². The van der Waals surface area contributed by atoms with E-state index in [0.29, 0.717) is 31.1 Å². The monoisotopic (exact) mass is 467 g/mol. The van der Waals surface area contributed by atoms with Gasteiger partial charge in [-0.05, 0) is 49.4 Å². The fourth-order valence-corrected chi connectivity index (χ4v) is 4.58. The van der Waals surface area contributed by atoms with Crippen molar-refractivity contribution in [3.63, 3.8) is 0 Å². The molecule has 0 aromatic heterocycles. The van der Waals surface area contributed by atoms with Crippen LogP contribution in [-0.2, 0) is 19.5 Å². The predicted molar refractivity (Wildman–Crippen MR) is 113 cm³/mol. The van der Waals surface area contributed by atoms with Crippen LogP contribution in [0.2, 0.25) is 5.02 Å². The van der Waals surface area contributed by atoms with Crippen LogP contribution in [0.1, 0.15) is 27.6 Å². The van der Waals surface area contributed by atoms with E-state index in [1.54, 1.807) is 24.3 Å². The number of esters is 1. The minimum absolute atomic E-state index is 0.0273. The lowest BCUT2D eigenvalue weighted by Gasteiger charge is -2.26. The highest BCUT2D eigenvalue weighted by Crippen LogP contribution is 2.24. The van der Waals surface area contributed by atoms with Gasteiger partial charge in [0.25, 0.3) is 0 Å². The van der Waals surface area contributed by atoms with Crippen molar-refractivity contribution in [2.45, 2.75) is 11.8 Å². The third-order valence-corrected chi connectivity index (χ3v) is 6.81. The number of ketones is 1. The molecule has 1 aliphatic rings. The van der Waals surface area contributed by atoms with Crippen molar-refractivity contribution < 1.29 is 32.2 Å². The summed E-state index contributed by atoms with van der Waals surface area (Å²) in [6.07, 6.45) is 0. The standard InChI is InChI=1S/C21H22ClNO7S/c1-2-29-16-5-3-15(4-6-16)20(24)14-30-21(25)18-13-17(7-8-19(18)22)31(26,27)23-9-11-28-12-10-23/h3-8,13H,2,9-12,14H2,1H3. The highest BCUT2D eigenvalue weighted by atomic mass is 35.5. The number of hydrogen-bond donors (Lipinski definition) is 0. The van der Waals surface area contributed by atoms with Crippen LogP contribution >= 0.6 is 11.6 Å². The molecule has 2 aromatic rings. The summed E-state index contributed by atoms with van der Waals surface area (Å²) >= 11 is 6.08. The molecule has 10 heteroatoms. The largest absolute Gasteiger partial charge is 0.494 e. The van der Waals surface area contributed by atoms with E-state index in [2.05, 4.69) is 0 Å². The van der Waals surface area contributed by atoms with Crippen LogP contribution in [0.5, 0.6) is 5.75 Å². The molecule has 8 nitrogen and oxygen atoms in total.